The number of hydrogen-bond acceptors (Lipinski definition) is 1. The largest absolute Gasteiger partial charge is 0.263 e. The Morgan fingerprint density at radius 3 is 2.11 bits per heavy atom. The number of rotatable bonds is 4. The highest BCUT2D eigenvalue weighted by molar-refractivity contribution is 7.99. The van der Waals surface area contributed by atoms with Crippen LogP contribution in [0.25, 0.3) is 0 Å². The van der Waals surface area contributed by atoms with Crippen LogP contribution in [-0.4, -0.2) is 10.1 Å². The molecule has 0 aliphatic heterocycles. The molecule has 2 rings (SSSR count). The van der Waals surface area contributed by atoms with Crippen LogP contribution in [0.3, 0.4) is 0 Å². The van der Waals surface area contributed by atoms with Crippen molar-refractivity contribution < 1.29 is 4.21 Å². The third-order valence-corrected chi connectivity index (χ3v) is 4.97. The molecule has 1 nitrogen and oxygen atoms in total. The summed E-state index contributed by atoms with van der Waals surface area (Å²) < 4.78 is 12.7. The molecule has 0 radical (unpaired) electrons. The van der Waals surface area contributed by atoms with Gasteiger partial charge in [-0.05, 0) is 35.6 Å². The van der Waals surface area contributed by atoms with Crippen molar-refractivity contribution in [2.75, 3.05) is 0 Å². The molecule has 0 N–H and O–H groups in total. The predicted molar refractivity (Wildman–Crippen MR) is 79.5 cm³/mol. The standard InChI is InChI=1S/C16H18OS/c1-3-14-9-7-8-10-15(14)13-18(2,17)16-11-5-4-6-12-16/h4-12H,2-3,13H2,1H3. The fourth-order valence-electron chi connectivity index (χ4n) is 2.05. The zero-order chi connectivity index (χ0) is 13.0. The molecule has 0 aliphatic rings. The second kappa shape index (κ2) is 5.40. The van der Waals surface area contributed by atoms with E-state index in [1.165, 1.54) is 5.56 Å². The minimum absolute atomic E-state index is 0.515. The first-order chi connectivity index (χ1) is 8.63. The predicted octanol–water partition coefficient (Wildman–Crippen LogP) is 3.52. The third kappa shape index (κ3) is 2.82. The lowest BCUT2D eigenvalue weighted by molar-refractivity contribution is 0.680. The van der Waals surface area contributed by atoms with Crippen LogP contribution in [0, 0.1) is 0 Å². The molecule has 0 saturated carbocycles. The molecule has 0 heterocycles. The summed E-state index contributed by atoms with van der Waals surface area (Å²) in [7, 11) is -2.25. The van der Waals surface area contributed by atoms with Gasteiger partial charge in [0.15, 0.2) is 0 Å². The summed E-state index contributed by atoms with van der Waals surface area (Å²) in [4.78, 5) is 0.830. The fourth-order valence-corrected chi connectivity index (χ4v) is 3.65. The van der Waals surface area contributed by atoms with Gasteiger partial charge in [0.1, 0.15) is 0 Å². The lowest BCUT2D eigenvalue weighted by Crippen LogP contribution is -2.06. The van der Waals surface area contributed by atoms with Gasteiger partial charge in [0.2, 0.25) is 0 Å². The molecule has 1 atom stereocenters. The lowest BCUT2D eigenvalue weighted by Gasteiger charge is -2.12. The molecular formula is C16H18OS. The van der Waals surface area contributed by atoms with E-state index in [1.807, 2.05) is 48.5 Å². The Morgan fingerprint density at radius 1 is 0.944 bits per heavy atom. The fraction of sp³-hybridized carbons (Fsp3) is 0.188. The summed E-state index contributed by atoms with van der Waals surface area (Å²) in [5.74, 6) is 4.45. The molecule has 0 fully saturated rings. The number of hydrogen-bond donors (Lipinski definition) is 0. The Bertz CT molecular complexity index is 613. The summed E-state index contributed by atoms with van der Waals surface area (Å²) in [5.41, 5.74) is 2.40. The summed E-state index contributed by atoms with van der Waals surface area (Å²) >= 11 is 0. The summed E-state index contributed by atoms with van der Waals surface area (Å²) in [6, 6.07) is 17.7. The summed E-state index contributed by atoms with van der Waals surface area (Å²) in [5, 5.41) is 0. The molecule has 1 unspecified atom stereocenters. The van der Waals surface area contributed by atoms with Crippen LogP contribution in [0.15, 0.2) is 59.5 Å². The average Bonchev–Trinajstić information content (AvgIpc) is 2.40. The average molecular weight is 258 g/mol. The van der Waals surface area contributed by atoms with Crippen LogP contribution in [0.1, 0.15) is 18.1 Å². The van der Waals surface area contributed by atoms with Gasteiger partial charge < -0.3 is 0 Å². The highest BCUT2D eigenvalue weighted by Gasteiger charge is 2.10. The van der Waals surface area contributed by atoms with Crippen molar-refractivity contribution >= 4 is 15.4 Å². The monoisotopic (exact) mass is 258 g/mol. The van der Waals surface area contributed by atoms with Gasteiger partial charge in [-0.25, -0.2) is 0 Å². The van der Waals surface area contributed by atoms with Gasteiger partial charge in [-0.3, -0.25) is 4.21 Å². The molecule has 0 aromatic heterocycles. The number of benzene rings is 2. The second-order valence-electron chi connectivity index (χ2n) is 4.39. The van der Waals surface area contributed by atoms with E-state index in [-0.39, 0.29) is 0 Å². The first-order valence-corrected chi connectivity index (χ1v) is 8.00. The molecule has 2 heteroatoms. The molecule has 0 aliphatic carbocycles. The van der Waals surface area contributed by atoms with Crippen LogP contribution >= 0.6 is 0 Å². The molecule has 18 heavy (non-hydrogen) atoms. The second-order valence-corrected chi connectivity index (χ2v) is 6.78. The van der Waals surface area contributed by atoms with Crippen LogP contribution in [0.5, 0.6) is 0 Å². The summed E-state index contributed by atoms with van der Waals surface area (Å²) in [6.45, 7) is 2.12. The van der Waals surface area contributed by atoms with Crippen molar-refractivity contribution in [1.29, 1.82) is 0 Å². The van der Waals surface area contributed by atoms with E-state index in [0.29, 0.717) is 5.75 Å². The third-order valence-electron chi connectivity index (χ3n) is 3.06. The molecule has 0 saturated heterocycles. The van der Waals surface area contributed by atoms with Gasteiger partial charge in [-0.1, -0.05) is 49.4 Å². The van der Waals surface area contributed by atoms with Gasteiger partial charge in [0, 0.05) is 20.2 Å². The summed E-state index contributed by atoms with van der Waals surface area (Å²) in [6.07, 6.45) is 0.959. The highest BCUT2D eigenvalue weighted by Crippen LogP contribution is 2.19. The van der Waals surface area contributed by atoms with Gasteiger partial charge in [-0.15, -0.1) is 0 Å². The van der Waals surface area contributed by atoms with E-state index < -0.39 is 9.52 Å². The zero-order valence-corrected chi connectivity index (χ0v) is 11.5. The van der Waals surface area contributed by atoms with E-state index in [1.54, 1.807) is 0 Å². The van der Waals surface area contributed by atoms with Crippen molar-refractivity contribution in [3.05, 3.63) is 65.7 Å². The van der Waals surface area contributed by atoms with Crippen LogP contribution in [0.2, 0.25) is 0 Å². The van der Waals surface area contributed by atoms with Gasteiger partial charge in [-0.2, -0.15) is 0 Å². The minimum Gasteiger partial charge on any atom is -0.263 e. The van der Waals surface area contributed by atoms with Crippen molar-refractivity contribution in [2.45, 2.75) is 24.0 Å². The molecule has 0 bridgehead atoms. The molecule has 0 amide bonds. The van der Waals surface area contributed by atoms with E-state index >= 15 is 0 Å². The lowest BCUT2D eigenvalue weighted by atomic mass is 10.1. The van der Waals surface area contributed by atoms with E-state index in [2.05, 4.69) is 18.9 Å². The Kier molecular flexibility index (Phi) is 3.87. The highest BCUT2D eigenvalue weighted by atomic mass is 32.2. The molecule has 2 aromatic carbocycles. The number of aryl methyl sites for hydroxylation is 1. The maximum atomic E-state index is 12.7. The van der Waals surface area contributed by atoms with Gasteiger partial charge in [0.05, 0.1) is 0 Å². The normalized spacial score (nSPS) is 14.1. The van der Waals surface area contributed by atoms with Gasteiger partial charge in [0.25, 0.3) is 0 Å². The molecule has 0 spiro atoms. The Hall–Kier alpha value is -1.54. The van der Waals surface area contributed by atoms with Crippen molar-refractivity contribution in [1.82, 2.24) is 0 Å². The Morgan fingerprint density at radius 2 is 1.50 bits per heavy atom. The minimum atomic E-state index is -2.25. The maximum absolute atomic E-state index is 12.7. The van der Waals surface area contributed by atoms with Crippen LogP contribution in [0.4, 0.5) is 0 Å². The van der Waals surface area contributed by atoms with E-state index in [4.69, 9.17) is 0 Å². The SMILES string of the molecule is C=S(=O)(Cc1ccccc1CC)c1ccccc1. The zero-order valence-electron chi connectivity index (χ0n) is 10.6. The van der Waals surface area contributed by atoms with Crippen LogP contribution < -0.4 is 0 Å². The van der Waals surface area contributed by atoms with Crippen molar-refractivity contribution in [3.8, 4) is 0 Å². The Balaban J connectivity index is 2.34. The van der Waals surface area contributed by atoms with E-state index in [0.717, 1.165) is 16.9 Å². The first kappa shape index (κ1) is 12.9. The van der Waals surface area contributed by atoms with Crippen molar-refractivity contribution in [3.63, 3.8) is 0 Å². The Labute approximate surface area is 109 Å². The first-order valence-electron chi connectivity index (χ1n) is 6.10. The topological polar surface area (TPSA) is 17.1 Å². The smallest absolute Gasteiger partial charge is 0.0455 e. The van der Waals surface area contributed by atoms with Gasteiger partial charge >= 0.3 is 0 Å². The maximum Gasteiger partial charge on any atom is 0.0455 e. The molecule has 2 aromatic rings. The van der Waals surface area contributed by atoms with Crippen LogP contribution in [-0.2, 0) is 21.7 Å². The quantitative estimate of drug-likeness (QED) is 0.767. The van der Waals surface area contributed by atoms with E-state index in [9.17, 15) is 4.21 Å². The molecule has 94 valence electrons. The van der Waals surface area contributed by atoms with Crippen molar-refractivity contribution in [2.24, 2.45) is 0 Å². The molecular weight excluding hydrogens is 240 g/mol.